The standard InChI is InChI=1S/C14H17FS/c1-8(2)13-11-7-10(15)5-6-12(11)16-14(13)9(3)4/h5-9H,1-4H3. The normalized spacial score (nSPS) is 11.9. The fraction of sp³-hybridized carbons (Fsp3) is 0.429. The molecule has 1 aromatic heterocycles. The van der Waals surface area contributed by atoms with Gasteiger partial charge in [0.2, 0.25) is 0 Å². The second-order valence-electron chi connectivity index (χ2n) is 4.83. The van der Waals surface area contributed by atoms with Crippen LogP contribution in [0.5, 0.6) is 0 Å². The first kappa shape index (κ1) is 11.6. The van der Waals surface area contributed by atoms with Crippen LogP contribution in [0.25, 0.3) is 10.1 Å². The maximum Gasteiger partial charge on any atom is 0.123 e. The number of thiophene rings is 1. The largest absolute Gasteiger partial charge is 0.207 e. The summed E-state index contributed by atoms with van der Waals surface area (Å²) < 4.78 is 14.5. The number of hydrogen-bond acceptors (Lipinski definition) is 1. The van der Waals surface area contributed by atoms with E-state index in [4.69, 9.17) is 0 Å². The fourth-order valence-corrected chi connectivity index (χ4v) is 3.48. The van der Waals surface area contributed by atoms with Gasteiger partial charge in [0.1, 0.15) is 5.82 Å². The van der Waals surface area contributed by atoms with Gasteiger partial charge in [-0.05, 0) is 41.0 Å². The highest BCUT2D eigenvalue weighted by Crippen LogP contribution is 2.40. The summed E-state index contributed by atoms with van der Waals surface area (Å²) in [5.41, 5.74) is 1.33. The summed E-state index contributed by atoms with van der Waals surface area (Å²) in [6.45, 7) is 8.76. The van der Waals surface area contributed by atoms with E-state index in [1.807, 2.05) is 6.07 Å². The van der Waals surface area contributed by atoms with Crippen molar-refractivity contribution >= 4 is 21.4 Å². The van der Waals surface area contributed by atoms with Crippen molar-refractivity contribution in [2.45, 2.75) is 39.5 Å². The molecular weight excluding hydrogens is 219 g/mol. The molecule has 0 aliphatic carbocycles. The van der Waals surface area contributed by atoms with Gasteiger partial charge in [-0.2, -0.15) is 0 Å². The first-order valence-electron chi connectivity index (χ1n) is 5.72. The van der Waals surface area contributed by atoms with Gasteiger partial charge in [-0.1, -0.05) is 27.7 Å². The lowest BCUT2D eigenvalue weighted by atomic mass is 9.95. The Labute approximate surface area is 100 Å². The van der Waals surface area contributed by atoms with Crippen molar-refractivity contribution in [3.63, 3.8) is 0 Å². The smallest absolute Gasteiger partial charge is 0.123 e. The summed E-state index contributed by atoms with van der Waals surface area (Å²) in [5, 5.41) is 1.10. The van der Waals surface area contributed by atoms with Crippen molar-refractivity contribution in [2.24, 2.45) is 0 Å². The highest BCUT2D eigenvalue weighted by molar-refractivity contribution is 7.19. The number of benzene rings is 1. The lowest BCUT2D eigenvalue weighted by Gasteiger charge is -2.10. The van der Waals surface area contributed by atoms with E-state index in [9.17, 15) is 4.39 Å². The summed E-state index contributed by atoms with van der Waals surface area (Å²) in [6, 6.07) is 5.12. The van der Waals surface area contributed by atoms with E-state index in [1.54, 1.807) is 23.5 Å². The quantitative estimate of drug-likeness (QED) is 0.665. The van der Waals surface area contributed by atoms with Gasteiger partial charge in [-0.15, -0.1) is 11.3 Å². The summed E-state index contributed by atoms with van der Waals surface area (Å²) in [5.74, 6) is 0.827. The van der Waals surface area contributed by atoms with Crippen LogP contribution in [-0.2, 0) is 0 Å². The number of hydrogen-bond donors (Lipinski definition) is 0. The molecule has 0 aliphatic rings. The Morgan fingerprint density at radius 1 is 1.06 bits per heavy atom. The maximum atomic E-state index is 13.3. The highest BCUT2D eigenvalue weighted by Gasteiger charge is 2.17. The third-order valence-electron chi connectivity index (χ3n) is 2.82. The van der Waals surface area contributed by atoms with Crippen molar-refractivity contribution in [1.82, 2.24) is 0 Å². The maximum absolute atomic E-state index is 13.3. The SMILES string of the molecule is CC(C)c1sc2ccc(F)cc2c1C(C)C. The van der Waals surface area contributed by atoms with Crippen LogP contribution in [0.4, 0.5) is 4.39 Å². The molecule has 0 aliphatic heterocycles. The van der Waals surface area contributed by atoms with Gasteiger partial charge >= 0.3 is 0 Å². The molecule has 0 unspecified atom stereocenters. The summed E-state index contributed by atoms with van der Waals surface area (Å²) in [6.07, 6.45) is 0. The van der Waals surface area contributed by atoms with E-state index in [2.05, 4.69) is 27.7 Å². The van der Waals surface area contributed by atoms with Gasteiger partial charge < -0.3 is 0 Å². The Bertz CT molecular complexity index is 509. The van der Waals surface area contributed by atoms with E-state index >= 15 is 0 Å². The number of rotatable bonds is 2. The molecule has 0 saturated carbocycles. The van der Waals surface area contributed by atoms with Gasteiger partial charge in [0.25, 0.3) is 0 Å². The highest BCUT2D eigenvalue weighted by atomic mass is 32.1. The monoisotopic (exact) mass is 236 g/mol. The summed E-state index contributed by atoms with van der Waals surface area (Å²) >= 11 is 1.80. The van der Waals surface area contributed by atoms with E-state index in [1.165, 1.54) is 15.1 Å². The summed E-state index contributed by atoms with van der Waals surface area (Å²) in [4.78, 5) is 1.40. The minimum Gasteiger partial charge on any atom is -0.207 e. The zero-order valence-electron chi connectivity index (χ0n) is 10.2. The van der Waals surface area contributed by atoms with Gasteiger partial charge in [-0.3, -0.25) is 0 Å². The summed E-state index contributed by atoms with van der Waals surface area (Å²) in [7, 11) is 0. The van der Waals surface area contributed by atoms with Crippen LogP contribution in [0.3, 0.4) is 0 Å². The van der Waals surface area contributed by atoms with Crippen LogP contribution in [0.1, 0.15) is 50.0 Å². The third kappa shape index (κ3) is 1.86. The topological polar surface area (TPSA) is 0 Å². The van der Waals surface area contributed by atoms with E-state index in [0.29, 0.717) is 11.8 Å². The Morgan fingerprint density at radius 2 is 1.75 bits per heavy atom. The molecule has 0 amide bonds. The van der Waals surface area contributed by atoms with Gasteiger partial charge in [0.05, 0.1) is 0 Å². The Balaban J connectivity index is 2.77. The number of halogens is 1. The molecule has 16 heavy (non-hydrogen) atoms. The van der Waals surface area contributed by atoms with E-state index < -0.39 is 0 Å². The fourth-order valence-electron chi connectivity index (χ4n) is 2.13. The van der Waals surface area contributed by atoms with Gasteiger partial charge in [0, 0.05) is 9.58 Å². The van der Waals surface area contributed by atoms with E-state index in [0.717, 1.165) is 5.39 Å². The van der Waals surface area contributed by atoms with Crippen LogP contribution >= 0.6 is 11.3 Å². The zero-order valence-corrected chi connectivity index (χ0v) is 11.0. The van der Waals surface area contributed by atoms with Crippen LogP contribution < -0.4 is 0 Å². The molecule has 0 spiro atoms. The average Bonchev–Trinajstić information content (AvgIpc) is 2.55. The Morgan fingerprint density at radius 3 is 2.31 bits per heavy atom. The van der Waals surface area contributed by atoms with Crippen molar-refractivity contribution < 1.29 is 4.39 Å². The molecule has 0 N–H and O–H groups in total. The molecule has 2 rings (SSSR count). The second kappa shape index (κ2) is 4.17. The molecule has 2 aromatic rings. The Hall–Kier alpha value is -0.890. The molecule has 0 bridgehead atoms. The van der Waals surface area contributed by atoms with Crippen molar-refractivity contribution in [3.05, 3.63) is 34.5 Å². The van der Waals surface area contributed by atoms with E-state index in [-0.39, 0.29) is 5.82 Å². The molecule has 0 saturated heterocycles. The van der Waals surface area contributed by atoms with Crippen molar-refractivity contribution in [3.8, 4) is 0 Å². The molecule has 0 radical (unpaired) electrons. The first-order valence-corrected chi connectivity index (χ1v) is 6.54. The lowest BCUT2D eigenvalue weighted by Crippen LogP contribution is -1.93. The molecule has 0 atom stereocenters. The average molecular weight is 236 g/mol. The molecular formula is C14H17FS. The Kier molecular flexibility index (Phi) is 3.02. The van der Waals surface area contributed by atoms with Crippen LogP contribution in [0.2, 0.25) is 0 Å². The van der Waals surface area contributed by atoms with Gasteiger partial charge in [0.15, 0.2) is 0 Å². The van der Waals surface area contributed by atoms with Crippen LogP contribution in [0.15, 0.2) is 18.2 Å². The lowest BCUT2D eigenvalue weighted by molar-refractivity contribution is 0.629. The van der Waals surface area contributed by atoms with Crippen LogP contribution in [0, 0.1) is 5.82 Å². The molecule has 86 valence electrons. The van der Waals surface area contributed by atoms with Gasteiger partial charge in [-0.25, -0.2) is 4.39 Å². The first-order chi connectivity index (χ1) is 7.50. The number of fused-ring (bicyclic) bond motifs is 1. The van der Waals surface area contributed by atoms with Crippen molar-refractivity contribution in [1.29, 1.82) is 0 Å². The van der Waals surface area contributed by atoms with Crippen molar-refractivity contribution in [2.75, 3.05) is 0 Å². The minimum atomic E-state index is -0.137. The third-order valence-corrected chi connectivity index (χ3v) is 4.31. The second-order valence-corrected chi connectivity index (χ2v) is 5.91. The zero-order chi connectivity index (χ0) is 11.9. The molecule has 2 heteroatoms. The minimum absolute atomic E-state index is 0.137. The predicted octanol–water partition coefficient (Wildman–Crippen LogP) is 5.29. The molecule has 1 heterocycles. The molecule has 0 nitrogen and oxygen atoms in total. The molecule has 1 aromatic carbocycles. The predicted molar refractivity (Wildman–Crippen MR) is 70.0 cm³/mol. The molecule has 0 fully saturated rings. The van der Waals surface area contributed by atoms with Crippen LogP contribution in [-0.4, -0.2) is 0 Å².